The molecule has 0 spiro atoms. The van der Waals surface area contributed by atoms with E-state index >= 15 is 0 Å². The van der Waals surface area contributed by atoms with Gasteiger partial charge in [-0.1, -0.05) is 84.0 Å². The molecule has 0 rings (SSSR count). The Labute approximate surface area is 150 Å². The van der Waals surface area contributed by atoms with Crippen LogP contribution in [0.25, 0.3) is 0 Å². The summed E-state index contributed by atoms with van der Waals surface area (Å²) in [5.41, 5.74) is 0. The van der Waals surface area contributed by atoms with Crippen molar-refractivity contribution < 1.29 is 22.1 Å². The van der Waals surface area contributed by atoms with Crippen LogP contribution < -0.4 is 4.90 Å². The molecule has 146 valence electrons. The molecular weight excluding hydrogens is 326 g/mol. The van der Waals surface area contributed by atoms with E-state index in [0.29, 0.717) is 0 Å². The van der Waals surface area contributed by atoms with Gasteiger partial charge in [0.1, 0.15) is 0 Å². The Morgan fingerprint density at radius 3 is 1.50 bits per heavy atom. The van der Waals surface area contributed by atoms with E-state index in [1.165, 1.54) is 83.5 Å². The molecule has 1 N–H and O–H groups in total. The highest BCUT2D eigenvalue weighted by Gasteiger charge is 2.04. The van der Waals surface area contributed by atoms with E-state index in [9.17, 15) is 13.0 Å². The van der Waals surface area contributed by atoms with Crippen molar-refractivity contribution in [3.05, 3.63) is 0 Å². The van der Waals surface area contributed by atoms with Gasteiger partial charge >= 0.3 is 0 Å². The first-order valence-corrected chi connectivity index (χ1v) is 11.2. The van der Waals surface area contributed by atoms with Gasteiger partial charge in [-0.3, -0.25) is 0 Å². The molecular formula is C18H39NO4S. The van der Waals surface area contributed by atoms with Gasteiger partial charge in [-0.25, -0.2) is 12.6 Å². The number of rotatable bonds is 18. The van der Waals surface area contributed by atoms with E-state index in [4.69, 9.17) is 0 Å². The van der Waals surface area contributed by atoms with E-state index in [1.54, 1.807) is 0 Å². The minimum atomic E-state index is -4.55. The lowest BCUT2D eigenvalue weighted by Gasteiger charge is -2.14. The lowest BCUT2D eigenvalue weighted by atomic mass is 10.0. The topological polar surface area (TPSA) is 70.9 Å². The Bertz CT molecular complexity index is 360. The highest BCUT2D eigenvalue weighted by Crippen LogP contribution is 2.12. The second-order valence-corrected chi connectivity index (χ2v) is 8.03. The van der Waals surface area contributed by atoms with Gasteiger partial charge in [0.15, 0.2) is 6.73 Å². The maximum absolute atomic E-state index is 10.3. The van der Waals surface area contributed by atoms with Gasteiger partial charge in [-0.15, -0.1) is 0 Å². The molecule has 1 atom stereocenters. The summed E-state index contributed by atoms with van der Waals surface area (Å²) in [5, 5.41) is 0. The molecule has 0 saturated carbocycles. The molecule has 0 saturated heterocycles. The molecule has 0 heterocycles. The molecule has 0 aliphatic rings. The molecule has 24 heavy (non-hydrogen) atoms. The Hall–Kier alpha value is -0.170. The Balaban J connectivity index is 3.17. The summed E-state index contributed by atoms with van der Waals surface area (Å²) in [5.74, 6) is 0. The monoisotopic (exact) mass is 365 g/mol. The zero-order chi connectivity index (χ0) is 18.1. The molecule has 1 unspecified atom stereocenters. The van der Waals surface area contributed by atoms with Crippen molar-refractivity contribution in [3.8, 4) is 0 Å². The van der Waals surface area contributed by atoms with Gasteiger partial charge in [-0.05, 0) is 12.8 Å². The lowest BCUT2D eigenvalue weighted by molar-refractivity contribution is -0.896. The lowest BCUT2D eigenvalue weighted by Crippen LogP contribution is -3.09. The minimum Gasteiger partial charge on any atom is -0.725 e. The van der Waals surface area contributed by atoms with E-state index in [0.717, 1.165) is 17.9 Å². The third-order valence-electron chi connectivity index (χ3n) is 4.41. The summed E-state index contributed by atoms with van der Waals surface area (Å²) in [4.78, 5) is 0.924. The van der Waals surface area contributed by atoms with Crippen LogP contribution in [0.3, 0.4) is 0 Å². The number of quaternary nitrogens is 1. The van der Waals surface area contributed by atoms with E-state index in [-0.39, 0.29) is 6.73 Å². The van der Waals surface area contributed by atoms with Crippen molar-refractivity contribution in [2.75, 3.05) is 20.3 Å². The summed E-state index contributed by atoms with van der Waals surface area (Å²) in [6.45, 7) is 3.04. The van der Waals surface area contributed by atoms with Gasteiger partial charge in [0.05, 0.1) is 13.6 Å². The zero-order valence-corrected chi connectivity index (χ0v) is 16.7. The van der Waals surface area contributed by atoms with Crippen LogP contribution in [0.4, 0.5) is 0 Å². The standard InChI is InChI=1S/C18H39NO4S/c1-3-4-5-6-7-8-9-10-11-12-13-14-15-16-17-19(2)18-23-24(20,21)22/h3-18H2,1-2H3,(H,20,21,22). The van der Waals surface area contributed by atoms with Gasteiger partial charge in [0.2, 0.25) is 10.4 Å². The van der Waals surface area contributed by atoms with Crippen molar-refractivity contribution in [1.29, 1.82) is 0 Å². The first-order valence-electron chi connectivity index (χ1n) is 9.87. The van der Waals surface area contributed by atoms with Crippen LogP contribution in [0.15, 0.2) is 0 Å². The summed E-state index contributed by atoms with van der Waals surface area (Å²) in [6.07, 6.45) is 18.6. The fourth-order valence-electron chi connectivity index (χ4n) is 2.87. The Kier molecular flexibility index (Phi) is 16.2. The second-order valence-electron chi connectivity index (χ2n) is 6.97. The zero-order valence-electron chi connectivity index (χ0n) is 15.9. The third-order valence-corrected chi connectivity index (χ3v) is 4.81. The molecule has 0 aliphatic heterocycles. The van der Waals surface area contributed by atoms with Gasteiger partial charge in [0, 0.05) is 0 Å². The fraction of sp³-hybridized carbons (Fsp3) is 1.00. The van der Waals surface area contributed by atoms with Gasteiger partial charge in [0.25, 0.3) is 0 Å². The number of unbranched alkanes of at least 4 members (excludes halogenated alkanes) is 13. The van der Waals surface area contributed by atoms with Crippen molar-refractivity contribution in [1.82, 2.24) is 0 Å². The van der Waals surface area contributed by atoms with Crippen LogP contribution >= 0.6 is 0 Å². The average molecular weight is 366 g/mol. The normalized spacial score (nSPS) is 13.3. The maximum atomic E-state index is 10.3. The second kappa shape index (κ2) is 16.3. The fourth-order valence-corrected chi connectivity index (χ4v) is 3.21. The molecule has 6 heteroatoms. The van der Waals surface area contributed by atoms with Crippen molar-refractivity contribution in [2.24, 2.45) is 0 Å². The molecule has 0 bridgehead atoms. The number of hydrogen-bond acceptors (Lipinski definition) is 4. The Morgan fingerprint density at radius 1 is 0.750 bits per heavy atom. The predicted molar refractivity (Wildman–Crippen MR) is 97.7 cm³/mol. The van der Waals surface area contributed by atoms with Crippen LogP contribution in [-0.4, -0.2) is 33.3 Å². The average Bonchev–Trinajstić information content (AvgIpc) is 2.52. The SMILES string of the molecule is CCCCCCCCCCCCCCCC[NH+](C)COS(=O)(=O)[O-]. The van der Waals surface area contributed by atoms with Crippen LogP contribution in [0.5, 0.6) is 0 Å². The molecule has 0 aromatic rings. The minimum absolute atomic E-state index is 0.0652. The largest absolute Gasteiger partial charge is 0.725 e. The van der Waals surface area contributed by atoms with Crippen LogP contribution in [0.1, 0.15) is 96.8 Å². The quantitative estimate of drug-likeness (QED) is 0.175. The van der Waals surface area contributed by atoms with E-state index in [1.807, 2.05) is 7.05 Å². The molecule has 0 aliphatic carbocycles. The van der Waals surface area contributed by atoms with Crippen molar-refractivity contribution in [2.45, 2.75) is 96.8 Å². The van der Waals surface area contributed by atoms with Crippen molar-refractivity contribution >= 4 is 10.4 Å². The highest BCUT2D eigenvalue weighted by atomic mass is 32.3. The third kappa shape index (κ3) is 19.9. The predicted octanol–water partition coefficient (Wildman–Crippen LogP) is 3.42. The van der Waals surface area contributed by atoms with E-state index < -0.39 is 10.4 Å². The molecule has 0 amide bonds. The number of hydrogen-bond donors (Lipinski definition) is 1. The molecule has 5 nitrogen and oxygen atoms in total. The van der Waals surface area contributed by atoms with Gasteiger partial charge in [-0.2, -0.15) is 0 Å². The summed E-state index contributed by atoms with van der Waals surface area (Å²) >= 11 is 0. The van der Waals surface area contributed by atoms with Gasteiger partial charge < -0.3 is 9.45 Å². The molecule has 0 aromatic heterocycles. The summed E-state index contributed by atoms with van der Waals surface area (Å²) in [7, 11) is -2.71. The molecule has 0 radical (unpaired) electrons. The Morgan fingerprint density at radius 2 is 1.12 bits per heavy atom. The highest BCUT2D eigenvalue weighted by molar-refractivity contribution is 7.80. The maximum Gasteiger partial charge on any atom is 0.222 e. The van der Waals surface area contributed by atoms with E-state index in [2.05, 4.69) is 11.1 Å². The summed E-state index contributed by atoms with van der Waals surface area (Å²) < 4.78 is 35.3. The first kappa shape index (κ1) is 23.8. The molecule has 0 aromatic carbocycles. The smallest absolute Gasteiger partial charge is 0.222 e. The number of nitrogens with one attached hydrogen (secondary N) is 1. The van der Waals surface area contributed by atoms with Crippen LogP contribution in [0.2, 0.25) is 0 Å². The molecule has 0 fully saturated rings. The van der Waals surface area contributed by atoms with Crippen molar-refractivity contribution in [3.63, 3.8) is 0 Å². The summed E-state index contributed by atoms with van der Waals surface area (Å²) in [6, 6.07) is 0. The first-order chi connectivity index (χ1) is 11.5. The van der Waals surface area contributed by atoms with Crippen LogP contribution in [0, 0.1) is 0 Å². The van der Waals surface area contributed by atoms with Crippen LogP contribution in [-0.2, 0) is 14.6 Å².